The minimum absolute atomic E-state index is 0.311. The molecule has 3 aliphatic rings. The lowest BCUT2D eigenvalue weighted by Crippen LogP contribution is -2.45. The molecule has 3 rings (SSSR count). The zero-order chi connectivity index (χ0) is 13.8. The number of rotatable bonds is 1. The van der Waals surface area contributed by atoms with E-state index in [4.69, 9.17) is 0 Å². The van der Waals surface area contributed by atoms with Crippen molar-refractivity contribution in [1.82, 2.24) is 14.7 Å². The van der Waals surface area contributed by atoms with Crippen molar-refractivity contribution in [2.24, 2.45) is 0 Å². The highest BCUT2D eigenvalue weighted by Crippen LogP contribution is 2.22. The van der Waals surface area contributed by atoms with Gasteiger partial charge in [0.1, 0.15) is 0 Å². The average Bonchev–Trinajstić information content (AvgIpc) is 2.83. The second kappa shape index (κ2) is 6.79. The molecular weight excluding hydrogens is 250 g/mol. The molecule has 0 aromatic rings. The SMILES string of the molecule is O=C(N1CCCCCC1)N1CCC(N2CCCCC2)C1. The van der Waals surface area contributed by atoms with Crippen molar-refractivity contribution < 1.29 is 4.79 Å². The van der Waals surface area contributed by atoms with E-state index in [2.05, 4.69) is 14.7 Å². The summed E-state index contributed by atoms with van der Waals surface area (Å²) in [5, 5.41) is 0. The topological polar surface area (TPSA) is 26.8 Å². The van der Waals surface area contributed by atoms with E-state index in [1.54, 1.807) is 0 Å². The Bertz CT molecular complexity index is 320. The quantitative estimate of drug-likeness (QED) is 0.737. The summed E-state index contributed by atoms with van der Waals surface area (Å²) in [6.45, 7) is 6.38. The number of likely N-dealkylation sites (tertiary alicyclic amines) is 3. The van der Waals surface area contributed by atoms with Crippen LogP contribution in [0, 0.1) is 0 Å². The fourth-order valence-electron chi connectivity index (χ4n) is 3.96. The molecule has 3 fully saturated rings. The first-order valence-electron chi connectivity index (χ1n) is 8.62. The van der Waals surface area contributed by atoms with Crippen LogP contribution in [-0.4, -0.2) is 66.0 Å². The van der Waals surface area contributed by atoms with Crippen molar-refractivity contribution in [3.63, 3.8) is 0 Å². The molecule has 114 valence electrons. The average molecular weight is 279 g/mol. The smallest absolute Gasteiger partial charge is 0.320 e. The first-order chi connectivity index (χ1) is 9.84. The largest absolute Gasteiger partial charge is 0.325 e. The Labute approximate surface area is 123 Å². The molecule has 0 bridgehead atoms. The molecule has 0 N–H and O–H groups in total. The molecule has 0 aliphatic carbocycles. The molecule has 0 aromatic heterocycles. The summed E-state index contributed by atoms with van der Waals surface area (Å²) >= 11 is 0. The van der Waals surface area contributed by atoms with Crippen LogP contribution in [0.15, 0.2) is 0 Å². The maximum atomic E-state index is 12.6. The summed E-state index contributed by atoms with van der Waals surface area (Å²) in [4.78, 5) is 19.5. The van der Waals surface area contributed by atoms with Gasteiger partial charge in [0.15, 0.2) is 0 Å². The summed E-state index contributed by atoms with van der Waals surface area (Å²) < 4.78 is 0. The number of piperidine rings is 1. The predicted molar refractivity (Wildman–Crippen MR) is 80.8 cm³/mol. The zero-order valence-corrected chi connectivity index (χ0v) is 12.7. The molecule has 1 unspecified atom stereocenters. The summed E-state index contributed by atoms with van der Waals surface area (Å²) in [5.41, 5.74) is 0. The van der Waals surface area contributed by atoms with Gasteiger partial charge in [0, 0.05) is 32.2 Å². The predicted octanol–water partition coefficient (Wildman–Crippen LogP) is 2.54. The fourth-order valence-corrected chi connectivity index (χ4v) is 3.96. The van der Waals surface area contributed by atoms with Crippen molar-refractivity contribution in [2.75, 3.05) is 39.3 Å². The van der Waals surface area contributed by atoms with Gasteiger partial charge in [-0.25, -0.2) is 4.79 Å². The molecule has 0 spiro atoms. The minimum Gasteiger partial charge on any atom is -0.325 e. The summed E-state index contributed by atoms with van der Waals surface area (Å²) in [6.07, 6.45) is 10.2. The van der Waals surface area contributed by atoms with E-state index >= 15 is 0 Å². The van der Waals surface area contributed by atoms with Gasteiger partial charge in [-0.3, -0.25) is 4.90 Å². The van der Waals surface area contributed by atoms with Crippen LogP contribution in [0.25, 0.3) is 0 Å². The molecule has 3 aliphatic heterocycles. The Hall–Kier alpha value is -0.770. The number of urea groups is 1. The highest BCUT2D eigenvalue weighted by atomic mass is 16.2. The summed E-state index contributed by atoms with van der Waals surface area (Å²) in [7, 11) is 0. The van der Waals surface area contributed by atoms with E-state index in [0.717, 1.165) is 26.2 Å². The molecule has 4 heteroatoms. The van der Waals surface area contributed by atoms with Crippen molar-refractivity contribution in [1.29, 1.82) is 0 Å². The third kappa shape index (κ3) is 3.27. The Morgan fingerprint density at radius 3 is 2.00 bits per heavy atom. The van der Waals surface area contributed by atoms with Crippen molar-refractivity contribution in [3.05, 3.63) is 0 Å². The molecule has 3 saturated heterocycles. The van der Waals surface area contributed by atoms with E-state index in [9.17, 15) is 4.79 Å². The maximum Gasteiger partial charge on any atom is 0.320 e. The Morgan fingerprint density at radius 1 is 0.700 bits per heavy atom. The summed E-state index contributed by atoms with van der Waals surface area (Å²) in [5.74, 6) is 0. The number of nitrogens with zero attached hydrogens (tertiary/aromatic N) is 3. The third-order valence-corrected chi connectivity index (χ3v) is 5.22. The monoisotopic (exact) mass is 279 g/mol. The number of amides is 2. The van der Waals surface area contributed by atoms with Crippen LogP contribution in [0.4, 0.5) is 4.79 Å². The van der Waals surface area contributed by atoms with Gasteiger partial charge in [0.2, 0.25) is 0 Å². The van der Waals surface area contributed by atoms with E-state index in [1.165, 1.54) is 64.5 Å². The molecule has 3 heterocycles. The molecular formula is C16H29N3O. The molecule has 1 atom stereocenters. The number of hydrogen-bond donors (Lipinski definition) is 0. The van der Waals surface area contributed by atoms with Crippen LogP contribution in [0.2, 0.25) is 0 Å². The Kier molecular flexibility index (Phi) is 4.81. The third-order valence-electron chi connectivity index (χ3n) is 5.22. The van der Waals surface area contributed by atoms with Gasteiger partial charge in [-0.2, -0.15) is 0 Å². The Morgan fingerprint density at radius 2 is 1.30 bits per heavy atom. The number of carbonyl (C=O) groups is 1. The van der Waals surface area contributed by atoms with E-state index in [1.807, 2.05) is 0 Å². The van der Waals surface area contributed by atoms with Crippen molar-refractivity contribution >= 4 is 6.03 Å². The van der Waals surface area contributed by atoms with Crippen LogP contribution in [0.5, 0.6) is 0 Å². The van der Waals surface area contributed by atoms with Crippen LogP contribution in [0.1, 0.15) is 51.4 Å². The molecule has 20 heavy (non-hydrogen) atoms. The van der Waals surface area contributed by atoms with Crippen LogP contribution < -0.4 is 0 Å². The molecule has 0 radical (unpaired) electrons. The highest BCUT2D eigenvalue weighted by Gasteiger charge is 2.32. The first kappa shape index (κ1) is 14.2. The van der Waals surface area contributed by atoms with Gasteiger partial charge in [-0.1, -0.05) is 19.3 Å². The maximum absolute atomic E-state index is 12.6. The molecule has 2 amide bonds. The Balaban J connectivity index is 1.51. The van der Waals surface area contributed by atoms with E-state index in [-0.39, 0.29) is 0 Å². The number of hydrogen-bond acceptors (Lipinski definition) is 2. The lowest BCUT2D eigenvalue weighted by Gasteiger charge is -2.32. The second-order valence-corrected chi connectivity index (χ2v) is 6.67. The normalized spacial score (nSPS) is 29.5. The van der Waals surface area contributed by atoms with Gasteiger partial charge in [0.25, 0.3) is 0 Å². The van der Waals surface area contributed by atoms with Gasteiger partial charge < -0.3 is 9.80 Å². The van der Waals surface area contributed by atoms with Crippen LogP contribution >= 0.6 is 0 Å². The van der Waals surface area contributed by atoms with Gasteiger partial charge in [0.05, 0.1) is 0 Å². The minimum atomic E-state index is 0.311. The molecule has 0 saturated carbocycles. The lowest BCUT2D eigenvalue weighted by molar-refractivity contribution is 0.145. The fraction of sp³-hybridized carbons (Fsp3) is 0.938. The standard InChI is InChI=1S/C16H29N3O/c20-16(18-11-4-1-2-5-12-18)19-13-8-15(14-19)17-9-6-3-7-10-17/h15H,1-14H2. The van der Waals surface area contributed by atoms with E-state index in [0.29, 0.717) is 12.1 Å². The van der Waals surface area contributed by atoms with Gasteiger partial charge in [-0.15, -0.1) is 0 Å². The highest BCUT2D eigenvalue weighted by molar-refractivity contribution is 5.74. The molecule has 0 aromatic carbocycles. The summed E-state index contributed by atoms with van der Waals surface area (Å²) in [6, 6.07) is 0.942. The first-order valence-corrected chi connectivity index (χ1v) is 8.62. The second-order valence-electron chi connectivity index (χ2n) is 6.67. The van der Waals surface area contributed by atoms with Gasteiger partial charge >= 0.3 is 6.03 Å². The zero-order valence-electron chi connectivity index (χ0n) is 12.7. The van der Waals surface area contributed by atoms with Crippen LogP contribution in [0.3, 0.4) is 0 Å². The van der Waals surface area contributed by atoms with E-state index < -0.39 is 0 Å². The van der Waals surface area contributed by atoms with Gasteiger partial charge in [-0.05, 0) is 45.2 Å². The number of carbonyl (C=O) groups excluding carboxylic acids is 1. The van der Waals surface area contributed by atoms with Crippen LogP contribution in [-0.2, 0) is 0 Å². The van der Waals surface area contributed by atoms with Crippen molar-refractivity contribution in [2.45, 2.75) is 57.4 Å². The van der Waals surface area contributed by atoms with Crippen molar-refractivity contribution in [3.8, 4) is 0 Å². The lowest BCUT2D eigenvalue weighted by atomic mass is 10.1. The molecule has 4 nitrogen and oxygen atoms in total.